The molecule has 3 aromatic carbocycles. The summed E-state index contributed by atoms with van der Waals surface area (Å²) >= 11 is 0. The monoisotopic (exact) mass is 486 g/mol. The Balaban J connectivity index is 1.42. The standard InChI is InChI=1S/C29H30F4O2/c1-2-35-25-16-15-24(28(32)29(25)33)20-8-3-18(4-9-20)5-12-22-13-14-23(27(31)26(22)30)21-10-6-19(17-34)7-11-21/h3-4,8-9,13-16,19,21,34H,2,5-7,10-12,17H2,1H3. The third-order valence-electron chi connectivity index (χ3n) is 7.03. The van der Waals surface area contributed by atoms with Crippen LogP contribution in [-0.2, 0) is 12.8 Å². The predicted molar refractivity (Wildman–Crippen MR) is 129 cm³/mol. The first-order valence-corrected chi connectivity index (χ1v) is 12.2. The first-order valence-electron chi connectivity index (χ1n) is 12.2. The molecule has 0 aromatic heterocycles. The van der Waals surface area contributed by atoms with Crippen molar-refractivity contribution >= 4 is 0 Å². The van der Waals surface area contributed by atoms with Crippen molar-refractivity contribution in [1.82, 2.24) is 0 Å². The molecule has 35 heavy (non-hydrogen) atoms. The Bertz CT molecular complexity index is 1150. The van der Waals surface area contributed by atoms with Crippen molar-refractivity contribution in [2.24, 2.45) is 5.92 Å². The summed E-state index contributed by atoms with van der Waals surface area (Å²) in [6.45, 7) is 2.09. The van der Waals surface area contributed by atoms with Crippen LogP contribution >= 0.6 is 0 Å². The van der Waals surface area contributed by atoms with Crippen LogP contribution in [0.25, 0.3) is 11.1 Å². The van der Waals surface area contributed by atoms with Gasteiger partial charge in [0.05, 0.1) is 6.61 Å². The lowest BCUT2D eigenvalue weighted by atomic mass is 9.78. The third kappa shape index (κ3) is 5.53. The van der Waals surface area contributed by atoms with Crippen LogP contribution in [0.2, 0.25) is 0 Å². The molecule has 0 atom stereocenters. The molecule has 0 saturated heterocycles. The van der Waals surface area contributed by atoms with Gasteiger partial charge < -0.3 is 9.84 Å². The number of ether oxygens (including phenoxy) is 1. The normalized spacial score (nSPS) is 18.0. The van der Waals surface area contributed by atoms with Gasteiger partial charge in [0.1, 0.15) is 0 Å². The van der Waals surface area contributed by atoms with Crippen molar-refractivity contribution in [1.29, 1.82) is 0 Å². The smallest absolute Gasteiger partial charge is 0.201 e. The lowest BCUT2D eigenvalue weighted by molar-refractivity contribution is 0.181. The minimum absolute atomic E-state index is 0.0123. The highest BCUT2D eigenvalue weighted by Crippen LogP contribution is 2.37. The van der Waals surface area contributed by atoms with Crippen LogP contribution in [0, 0.1) is 29.2 Å². The number of aryl methyl sites for hydroxylation is 2. The van der Waals surface area contributed by atoms with Crippen molar-refractivity contribution in [3.8, 4) is 16.9 Å². The second-order valence-electron chi connectivity index (χ2n) is 9.21. The SMILES string of the molecule is CCOc1ccc(-c2ccc(CCc3ccc(C4CCC(CO)CC4)c(F)c3F)cc2)c(F)c1F. The van der Waals surface area contributed by atoms with Gasteiger partial charge in [0.2, 0.25) is 5.82 Å². The molecular formula is C29H30F4O2. The second kappa shape index (κ2) is 11.3. The maximum absolute atomic E-state index is 14.8. The molecule has 0 amide bonds. The zero-order valence-electron chi connectivity index (χ0n) is 19.8. The van der Waals surface area contributed by atoms with Crippen LogP contribution in [0.4, 0.5) is 17.6 Å². The molecular weight excluding hydrogens is 456 g/mol. The summed E-state index contributed by atoms with van der Waals surface area (Å²) in [4.78, 5) is 0. The number of hydrogen-bond acceptors (Lipinski definition) is 2. The molecule has 2 nitrogen and oxygen atoms in total. The van der Waals surface area contributed by atoms with E-state index in [9.17, 15) is 22.7 Å². The van der Waals surface area contributed by atoms with Gasteiger partial charge in [0.15, 0.2) is 23.2 Å². The molecule has 0 heterocycles. The quantitative estimate of drug-likeness (QED) is 0.337. The summed E-state index contributed by atoms with van der Waals surface area (Å²) in [5, 5.41) is 9.29. The molecule has 4 rings (SSSR count). The van der Waals surface area contributed by atoms with E-state index in [1.807, 2.05) is 0 Å². The van der Waals surface area contributed by atoms with E-state index in [0.29, 0.717) is 29.5 Å². The predicted octanol–water partition coefficient (Wildman–Crippen LogP) is 7.36. The van der Waals surface area contributed by atoms with Gasteiger partial charge in [-0.25, -0.2) is 13.2 Å². The molecule has 3 aromatic rings. The molecule has 1 aliphatic carbocycles. The number of benzene rings is 3. The summed E-state index contributed by atoms with van der Waals surface area (Å²) in [7, 11) is 0. The molecule has 0 unspecified atom stereocenters. The average Bonchev–Trinajstić information content (AvgIpc) is 2.88. The van der Waals surface area contributed by atoms with E-state index in [4.69, 9.17) is 4.74 Å². The van der Waals surface area contributed by atoms with Crippen molar-refractivity contribution in [2.75, 3.05) is 13.2 Å². The van der Waals surface area contributed by atoms with E-state index in [1.165, 1.54) is 12.1 Å². The molecule has 1 saturated carbocycles. The molecule has 0 bridgehead atoms. The van der Waals surface area contributed by atoms with Crippen molar-refractivity contribution in [2.45, 2.75) is 51.4 Å². The van der Waals surface area contributed by atoms with E-state index in [2.05, 4.69) is 0 Å². The highest BCUT2D eigenvalue weighted by Gasteiger charge is 2.26. The van der Waals surface area contributed by atoms with Crippen LogP contribution in [0.1, 0.15) is 55.2 Å². The van der Waals surface area contributed by atoms with Crippen LogP contribution in [0.5, 0.6) is 5.75 Å². The molecule has 186 valence electrons. The van der Waals surface area contributed by atoms with Gasteiger partial charge in [-0.2, -0.15) is 4.39 Å². The van der Waals surface area contributed by atoms with E-state index in [0.717, 1.165) is 31.2 Å². The highest BCUT2D eigenvalue weighted by molar-refractivity contribution is 5.65. The van der Waals surface area contributed by atoms with E-state index in [-0.39, 0.29) is 36.4 Å². The molecule has 1 N–H and O–H groups in total. The summed E-state index contributed by atoms with van der Waals surface area (Å²) in [6.07, 6.45) is 3.97. The minimum atomic E-state index is -1.02. The Labute approximate surface area is 203 Å². The number of aliphatic hydroxyl groups is 1. The lowest BCUT2D eigenvalue weighted by Crippen LogP contribution is -2.17. The van der Waals surface area contributed by atoms with Crippen LogP contribution in [-0.4, -0.2) is 18.3 Å². The van der Waals surface area contributed by atoms with E-state index in [1.54, 1.807) is 43.3 Å². The molecule has 1 fully saturated rings. The fraction of sp³-hybridized carbons (Fsp3) is 0.379. The summed E-state index contributed by atoms with van der Waals surface area (Å²) in [5.41, 5.74) is 2.28. The van der Waals surface area contributed by atoms with E-state index >= 15 is 0 Å². The minimum Gasteiger partial charge on any atom is -0.491 e. The number of aliphatic hydroxyl groups excluding tert-OH is 1. The summed E-state index contributed by atoms with van der Waals surface area (Å²) in [5.74, 6) is -3.42. The lowest BCUT2D eigenvalue weighted by Gasteiger charge is -2.28. The third-order valence-corrected chi connectivity index (χ3v) is 7.03. The Morgan fingerprint density at radius 1 is 0.771 bits per heavy atom. The van der Waals surface area contributed by atoms with Gasteiger partial charge in [0.25, 0.3) is 0 Å². The van der Waals surface area contributed by atoms with Gasteiger partial charge >= 0.3 is 0 Å². The van der Waals surface area contributed by atoms with Gasteiger partial charge in [-0.15, -0.1) is 0 Å². The number of halogens is 4. The van der Waals surface area contributed by atoms with Gasteiger partial charge in [-0.1, -0.05) is 36.4 Å². The fourth-order valence-corrected chi connectivity index (χ4v) is 4.92. The van der Waals surface area contributed by atoms with Gasteiger partial charge in [-0.3, -0.25) is 0 Å². The summed E-state index contributed by atoms with van der Waals surface area (Å²) in [6, 6.07) is 13.2. The fourth-order valence-electron chi connectivity index (χ4n) is 4.92. The molecule has 1 aliphatic rings. The largest absolute Gasteiger partial charge is 0.491 e. The van der Waals surface area contributed by atoms with Crippen LogP contribution < -0.4 is 4.74 Å². The van der Waals surface area contributed by atoms with Crippen LogP contribution in [0.3, 0.4) is 0 Å². The number of rotatable bonds is 8. The second-order valence-corrected chi connectivity index (χ2v) is 9.21. The Morgan fingerprint density at radius 2 is 1.49 bits per heavy atom. The number of hydrogen-bond donors (Lipinski definition) is 1. The topological polar surface area (TPSA) is 29.5 Å². The van der Waals surface area contributed by atoms with Crippen molar-refractivity contribution in [3.63, 3.8) is 0 Å². The van der Waals surface area contributed by atoms with Crippen molar-refractivity contribution < 1.29 is 27.4 Å². The molecule has 0 spiro atoms. The van der Waals surface area contributed by atoms with Crippen LogP contribution in [0.15, 0.2) is 48.5 Å². The first-order chi connectivity index (χ1) is 16.9. The maximum Gasteiger partial charge on any atom is 0.201 e. The Kier molecular flexibility index (Phi) is 8.11. The van der Waals surface area contributed by atoms with Crippen molar-refractivity contribution in [3.05, 3.63) is 88.5 Å². The van der Waals surface area contributed by atoms with E-state index < -0.39 is 23.3 Å². The summed E-state index contributed by atoms with van der Waals surface area (Å²) < 4.78 is 63.4. The first kappa shape index (κ1) is 25.2. The highest BCUT2D eigenvalue weighted by atomic mass is 19.2. The average molecular weight is 487 g/mol. The van der Waals surface area contributed by atoms with Gasteiger partial charge in [-0.05, 0) is 91.7 Å². The molecule has 6 heteroatoms. The zero-order valence-corrected chi connectivity index (χ0v) is 19.8. The van der Waals surface area contributed by atoms with Gasteiger partial charge in [0, 0.05) is 12.2 Å². The maximum atomic E-state index is 14.8. The Hall–Kier alpha value is -2.86. The molecule has 0 radical (unpaired) electrons. The Morgan fingerprint density at radius 3 is 2.14 bits per heavy atom. The molecule has 0 aliphatic heterocycles. The zero-order chi connectivity index (χ0) is 24.9.